The van der Waals surface area contributed by atoms with Gasteiger partial charge in [-0.25, -0.2) is 4.79 Å². The number of carbonyl (C=O) groups is 1. The molecule has 178 valence electrons. The molecular weight excluding hydrogens is 424 g/mol. The molecule has 2 unspecified atom stereocenters. The quantitative estimate of drug-likeness (QED) is 0.506. The maximum absolute atomic E-state index is 12.4. The fourth-order valence-corrected chi connectivity index (χ4v) is 4.97. The molecule has 0 amide bonds. The number of fused-ring (bicyclic) bond motifs is 2. The van der Waals surface area contributed by atoms with Gasteiger partial charge in [0.25, 0.3) is 0 Å². The molecule has 0 saturated carbocycles. The van der Waals surface area contributed by atoms with Gasteiger partial charge >= 0.3 is 5.97 Å². The Bertz CT molecular complexity index is 1220. The zero-order chi connectivity index (χ0) is 24.6. The Morgan fingerprint density at radius 3 is 2.56 bits per heavy atom. The molecule has 5 heteroatoms. The van der Waals surface area contributed by atoms with Crippen LogP contribution in [0.3, 0.4) is 0 Å². The van der Waals surface area contributed by atoms with Gasteiger partial charge in [0.1, 0.15) is 11.5 Å². The van der Waals surface area contributed by atoms with Crippen molar-refractivity contribution in [1.82, 2.24) is 0 Å². The molecular formula is C29H34N2O3. The number of aliphatic imine (C=N–C) groups is 1. The molecule has 2 aromatic rings. The first kappa shape index (κ1) is 23.8. The van der Waals surface area contributed by atoms with Crippen molar-refractivity contribution in [2.24, 2.45) is 10.9 Å². The lowest BCUT2D eigenvalue weighted by Crippen LogP contribution is -2.29. The molecule has 4 rings (SSSR count). The van der Waals surface area contributed by atoms with Gasteiger partial charge in [-0.2, -0.15) is 0 Å². The van der Waals surface area contributed by atoms with Crippen molar-refractivity contribution in [3.05, 3.63) is 81.6 Å². The van der Waals surface area contributed by atoms with Crippen LogP contribution in [0.5, 0.6) is 5.75 Å². The molecule has 5 nitrogen and oxygen atoms in total. The van der Waals surface area contributed by atoms with Crippen molar-refractivity contribution < 1.29 is 14.6 Å². The smallest absolute Gasteiger partial charge is 0.335 e. The van der Waals surface area contributed by atoms with E-state index in [-0.39, 0.29) is 17.8 Å². The Morgan fingerprint density at radius 1 is 1.15 bits per heavy atom. The minimum absolute atomic E-state index is 0.101. The van der Waals surface area contributed by atoms with E-state index in [0.29, 0.717) is 12.1 Å². The SMILES string of the molecule is CCN=C1C=C2Oc3cc(NCC)c(C)cc3C(c3ccc(C(C)C)cc3C(=O)O)C2C=C1C. The third kappa shape index (κ3) is 4.27. The van der Waals surface area contributed by atoms with Crippen molar-refractivity contribution in [2.45, 2.75) is 53.4 Å². The van der Waals surface area contributed by atoms with Crippen molar-refractivity contribution in [1.29, 1.82) is 0 Å². The molecule has 0 fully saturated rings. The number of anilines is 1. The predicted molar refractivity (Wildman–Crippen MR) is 139 cm³/mol. The van der Waals surface area contributed by atoms with Gasteiger partial charge in [0.15, 0.2) is 0 Å². The van der Waals surface area contributed by atoms with Gasteiger partial charge in [-0.05, 0) is 68.0 Å². The third-order valence-electron chi connectivity index (χ3n) is 6.73. The average molecular weight is 459 g/mol. The highest BCUT2D eigenvalue weighted by molar-refractivity contribution is 6.09. The molecule has 1 aliphatic carbocycles. The topological polar surface area (TPSA) is 70.9 Å². The van der Waals surface area contributed by atoms with Crippen LogP contribution in [0.15, 0.2) is 58.8 Å². The number of aryl methyl sites for hydroxylation is 1. The number of allylic oxidation sites excluding steroid dienone is 3. The van der Waals surface area contributed by atoms with Crippen LogP contribution >= 0.6 is 0 Å². The van der Waals surface area contributed by atoms with Gasteiger partial charge in [0.2, 0.25) is 0 Å². The van der Waals surface area contributed by atoms with E-state index in [1.165, 1.54) is 0 Å². The minimum atomic E-state index is -0.901. The molecule has 34 heavy (non-hydrogen) atoms. The Labute approximate surface area is 202 Å². The summed E-state index contributed by atoms with van der Waals surface area (Å²) in [5.41, 5.74) is 7.35. The fourth-order valence-electron chi connectivity index (χ4n) is 4.97. The van der Waals surface area contributed by atoms with Gasteiger partial charge in [0, 0.05) is 48.3 Å². The van der Waals surface area contributed by atoms with Gasteiger partial charge in [-0.3, -0.25) is 4.99 Å². The number of carboxylic acids is 1. The van der Waals surface area contributed by atoms with E-state index in [2.05, 4.69) is 63.1 Å². The van der Waals surface area contributed by atoms with Crippen molar-refractivity contribution in [3.63, 3.8) is 0 Å². The first-order valence-corrected chi connectivity index (χ1v) is 12.1. The Hall–Kier alpha value is -3.34. The highest BCUT2D eigenvalue weighted by Crippen LogP contribution is 2.50. The van der Waals surface area contributed by atoms with Crippen LogP contribution in [0.4, 0.5) is 5.69 Å². The second-order valence-electron chi connectivity index (χ2n) is 9.40. The van der Waals surface area contributed by atoms with Crippen LogP contribution in [0.25, 0.3) is 0 Å². The third-order valence-corrected chi connectivity index (χ3v) is 6.73. The van der Waals surface area contributed by atoms with Gasteiger partial charge in [-0.15, -0.1) is 0 Å². The summed E-state index contributed by atoms with van der Waals surface area (Å²) in [7, 11) is 0. The van der Waals surface area contributed by atoms with Gasteiger partial charge in [-0.1, -0.05) is 32.1 Å². The number of carboxylic acid groups (broad SMARTS) is 1. The van der Waals surface area contributed by atoms with Gasteiger partial charge in [0.05, 0.1) is 11.3 Å². The molecule has 0 saturated heterocycles. The van der Waals surface area contributed by atoms with E-state index < -0.39 is 5.97 Å². The number of hydrogen-bond acceptors (Lipinski definition) is 4. The first-order chi connectivity index (χ1) is 16.2. The van der Waals surface area contributed by atoms with E-state index in [1.807, 2.05) is 31.2 Å². The molecule has 2 atom stereocenters. The largest absolute Gasteiger partial charge is 0.478 e. The fraction of sp³-hybridized carbons (Fsp3) is 0.379. The second kappa shape index (κ2) is 9.49. The van der Waals surface area contributed by atoms with Crippen molar-refractivity contribution >= 4 is 17.4 Å². The lowest BCUT2D eigenvalue weighted by atomic mass is 9.72. The Morgan fingerprint density at radius 2 is 1.91 bits per heavy atom. The van der Waals surface area contributed by atoms with Crippen LogP contribution < -0.4 is 10.1 Å². The predicted octanol–water partition coefficient (Wildman–Crippen LogP) is 6.69. The number of benzene rings is 2. The number of nitrogens with one attached hydrogen (secondary N) is 1. The summed E-state index contributed by atoms with van der Waals surface area (Å²) in [6, 6.07) is 10.1. The molecule has 1 aliphatic heterocycles. The van der Waals surface area contributed by atoms with E-state index in [4.69, 9.17) is 4.74 Å². The number of ether oxygens (including phenoxy) is 1. The molecule has 2 aromatic carbocycles. The van der Waals surface area contributed by atoms with E-state index in [0.717, 1.165) is 57.3 Å². The van der Waals surface area contributed by atoms with E-state index in [9.17, 15) is 9.90 Å². The maximum atomic E-state index is 12.4. The number of aromatic carboxylic acids is 1. The van der Waals surface area contributed by atoms with Crippen LogP contribution in [0, 0.1) is 12.8 Å². The summed E-state index contributed by atoms with van der Waals surface area (Å²) in [5.74, 6) is 0.652. The monoisotopic (exact) mass is 458 g/mol. The lowest BCUT2D eigenvalue weighted by molar-refractivity contribution is 0.0694. The molecule has 0 radical (unpaired) electrons. The molecule has 0 aromatic heterocycles. The van der Waals surface area contributed by atoms with Crippen LogP contribution in [-0.4, -0.2) is 29.9 Å². The molecule has 1 heterocycles. The average Bonchev–Trinajstić information content (AvgIpc) is 2.79. The van der Waals surface area contributed by atoms with Crippen molar-refractivity contribution in [2.75, 3.05) is 18.4 Å². The summed E-state index contributed by atoms with van der Waals surface area (Å²) in [5, 5.41) is 13.6. The number of rotatable bonds is 6. The normalized spacial score (nSPS) is 20.3. The Kier molecular flexibility index (Phi) is 6.65. The zero-order valence-corrected chi connectivity index (χ0v) is 20.9. The van der Waals surface area contributed by atoms with Crippen LogP contribution in [-0.2, 0) is 0 Å². The summed E-state index contributed by atoms with van der Waals surface area (Å²) in [6.07, 6.45) is 4.21. The first-order valence-electron chi connectivity index (χ1n) is 12.1. The molecule has 2 N–H and O–H groups in total. The summed E-state index contributed by atoms with van der Waals surface area (Å²) in [4.78, 5) is 17.1. The minimum Gasteiger partial charge on any atom is -0.478 e. The molecule has 0 spiro atoms. The summed E-state index contributed by atoms with van der Waals surface area (Å²) >= 11 is 0. The standard InChI is InChI=1S/C29H34N2O3/c1-7-30-24-14-26-22(11-17(24)5)28(20-10-9-19(16(3)4)13-21(20)29(32)33)23-12-18(6)25(31-8-2)15-27(23)34-26/h9-16,22,28,31H,7-8H2,1-6H3,(H,32,33). The summed E-state index contributed by atoms with van der Waals surface area (Å²) in [6.45, 7) is 13.9. The molecule has 0 bridgehead atoms. The highest BCUT2D eigenvalue weighted by Gasteiger charge is 2.39. The highest BCUT2D eigenvalue weighted by atomic mass is 16.5. The van der Waals surface area contributed by atoms with E-state index in [1.54, 1.807) is 0 Å². The zero-order valence-electron chi connectivity index (χ0n) is 20.9. The molecule has 2 aliphatic rings. The summed E-state index contributed by atoms with van der Waals surface area (Å²) < 4.78 is 6.47. The van der Waals surface area contributed by atoms with Gasteiger partial charge < -0.3 is 15.2 Å². The van der Waals surface area contributed by atoms with E-state index >= 15 is 0 Å². The van der Waals surface area contributed by atoms with Crippen LogP contribution in [0.1, 0.15) is 79.1 Å². The lowest BCUT2D eigenvalue weighted by Gasteiger charge is -2.37. The Balaban J connectivity index is 1.97. The van der Waals surface area contributed by atoms with Crippen molar-refractivity contribution in [3.8, 4) is 5.75 Å². The number of nitrogens with zero attached hydrogens (tertiary/aromatic N) is 1. The second-order valence-corrected chi connectivity index (χ2v) is 9.40. The maximum Gasteiger partial charge on any atom is 0.335 e. The van der Waals surface area contributed by atoms with Crippen LogP contribution in [0.2, 0.25) is 0 Å². The number of hydrogen-bond donors (Lipinski definition) is 2.